The van der Waals surface area contributed by atoms with Gasteiger partial charge in [0.1, 0.15) is 0 Å². The van der Waals surface area contributed by atoms with Crippen LogP contribution in [0.25, 0.3) is 0 Å². The van der Waals surface area contributed by atoms with Crippen LogP contribution in [0.1, 0.15) is 33.8 Å². The van der Waals surface area contributed by atoms with Gasteiger partial charge in [-0.2, -0.15) is 0 Å². The number of thiophene rings is 1. The second kappa shape index (κ2) is 7.02. The number of benzene rings is 1. The van der Waals surface area contributed by atoms with Crippen molar-refractivity contribution in [2.75, 3.05) is 13.6 Å². The second-order valence-corrected chi connectivity index (χ2v) is 6.51. The van der Waals surface area contributed by atoms with Gasteiger partial charge in [-0.1, -0.05) is 36.8 Å². The van der Waals surface area contributed by atoms with Gasteiger partial charge in [-0.3, -0.25) is 4.90 Å². The molecule has 0 aliphatic rings. The molecule has 2 N–H and O–H groups in total. The molecule has 1 aromatic heterocycles. The van der Waals surface area contributed by atoms with Gasteiger partial charge in [-0.15, -0.1) is 11.3 Å². The quantitative estimate of drug-likeness (QED) is 0.877. The molecule has 20 heavy (non-hydrogen) atoms. The van der Waals surface area contributed by atoms with E-state index in [1.807, 2.05) is 11.3 Å². The van der Waals surface area contributed by atoms with Crippen molar-refractivity contribution in [3.05, 3.63) is 57.3 Å². The molecule has 0 amide bonds. The minimum Gasteiger partial charge on any atom is -0.329 e. The minimum absolute atomic E-state index is 0.307. The minimum atomic E-state index is 0.307. The first kappa shape index (κ1) is 15.2. The van der Waals surface area contributed by atoms with Gasteiger partial charge in [0.05, 0.1) is 6.04 Å². The summed E-state index contributed by atoms with van der Waals surface area (Å²) in [6.07, 6.45) is 1.10. The standard InChI is InChI=1S/C17H24N2S/c1-4-15-9-10-17(20-15)16(11-18)19(3)12-14-7-5-13(2)6-8-14/h5-10,16H,4,11-12,18H2,1-3H3. The third kappa shape index (κ3) is 3.69. The molecule has 2 aromatic rings. The van der Waals surface area contributed by atoms with Gasteiger partial charge in [0, 0.05) is 22.8 Å². The zero-order valence-electron chi connectivity index (χ0n) is 12.6. The zero-order valence-corrected chi connectivity index (χ0v) is 13.4. The summed E-state index contributed by atoms with van der Waals surface area (Å²) in [7, 11) is 2.16. The first-order valence-electron chi connectivity index (χ1n) is 7.18. The SMILES string of the molecule is CCc1ccc(C(CN)N(C)Cc2ccc(C)cc2)s1. The fraction of sp³-hybridized carbons (Fsp3) is 0.412. The summed E-state index contributed by atoms with van der Waals surface area (Å²) < 4.78 is 0. The highest BCUT2D eigenvalue weighted by Gasteiger charge is 2.17. The predicted octanol–water partition coefficient (Wildman–Crippen LogP) is 3.75. The van der Waals surface area contributed by atoms with Crippen LogP contribution in [0.5, 0.6) is 0 Å². The molecule has 0 spiro atoms. The maximum absolute atomic E-state index is 6.00. The van der Waals surface area contributed by atoms with Gasteiger partial charge >= 0.3 is 0 Å². The van der Waals surface area contributed by atoms with Crippen molar-refractivity contribution in [3.8, 4) is 0 Å². The highest BCUT2D eigenvalue weighted by atomic mass is 32.1. The summed E-state index contributed by atoms with van der Waals surface area (Å²) >= 11 is 1.89. The van der Waals surface area contributed by atoms with Gasteiger partial charge in [0.15, 0.2) is 0 Å². The van der Waals surface area contributed by atoms with Crippen LogP contribution in [0.15, 0.2) is 36.4 Å². The van der Waals surface area contributed by atoms with E-state index in [0.717, 1.165) is 13.0 Å². The molecular weight excluding hydrogens is 264 g/mol. The van der Waals surface area contributed by atoms with E-state index in [2.05, 4.69) is 62.2 Å². The largest absolute Gasteiger partial charge is 0.329 e. The fourth-order valence-corrected chi connectivity index (χ4v) is 3.50. The van der Waals surface area contributed by atoms with Crippen LogP contribution in [-0.4, -0.2) is 18.5 Å². The lowest BCUT2D eigenvalue weighted by Crippen LogP contribution is -2.29. The number of nitrogens with zero attached hydrogens (tertiary/aromatic N) is 1. The van der Waals surface area contributed by atoms with E-state index in [1.54, 1.807) is 0 Å². The van der Waals surface area contributed by atoms with Crippen LogP contribution >= 0.6 is 11.3 Å². The summed E-state index contributed by atoms with van der Waals surface area (Å²) in [6, 6.07) is 13.5. The van der Waals surface area contributed by atoms with Crippen LogP contribution in [0.4, 0.5) is 0 Å². The molecule has 0 saturated carbocycles. The Kier molecular flexibility index (Phi) is 5.35. The molecular formula is C17H24N2S. The summed E-state index contributed by atoms with van der Waals surface area (Å²) in [4.78, 5) is 5.15. The third-order valence-corrected chi connectivity index (χ3v) is 5.00. The maximum atomic E-state index is 6.00. The molecule has 0 fully saturated rings. The number of likely N-dealkylation sites (N-methyl/N-ethyl adjacent to an activating group) is 1. The summed E-state index contributed by atoms with van der Waals surface area (Å²) in [5.41, 5.74) is 8.64. The summed E-state index contributed by atoms with van der Waals surface area (Å²) in [6.45, 7) is 5.91. The number of hydrogen-bond donors (Lipinski definition) is 1. The normalized spacial score (nSPS) is 12.8. The van der Waals surface area contributed by atoms with Gasteiger partial charge in [-0.25, -0.2) is 0 Å². The average molecular weight is 288 g/mol. The molecule has 1 aromatic carbocycles. The van der Waals surface area contributed by atoms with Gasteiger partial charge in [0.2, 0.25) is 0 Å². The predicted molar refractivity (Wildman–Crippen MR) is 88.1 cm³/mol. The Morgan fingerprint density at radius 1 is 1.15 bits per heavy atom. The first-order chi connectivity index (χ1) is 9.63. The van der Waals surface area contributed by atoms with Gasteiger partial charge in [-0.05, 0) is 38.1 Å². The van der Waals surface area contributed by atoms with E-state index in [4.69, 9.17) is 5.73 Å². The van der Waals surface area contributed by atoms with Crippen LogP contribution in [0.2, 0.25) is 0 Å². The molecule has 0 radical (unpaired) electrons. The van der Waals surface area contributed by atoms with Crippen molar-refractivity contribution in [1.82, 2.24) is 4.90 Å². The van der Waals surface area contributed by atoms with Crippen molar-refractivity contribution in [2.24, 2.45) is 5.73 Å². The van der Waals surface area contributed by atoms with Crippen molar-refractivity contribution in [3.63, 3.8) is 0 Å². The van der Waals surface area contributed by atoms with E-state index >= 15 is 0 Å². The van der Waals surface area contributed by atoms with Crippen LogP contribution in [0.3, 0.4) is 0 Å². The maximum Gasteiger partial charge on any atom is 0.0564 e. The Morgan fingerprint density at radius 2 is 1.85 bits per heavy atom. The van der Waals surface area contributed by atoms with Crippen LogP contribution in [0, 0.1) is 6.92 Å². The molecule has 0 aliphatic carbocycles. The number of rotatable bonds is 6. The molecule has 1 heterocycles. The highest BCUT2D eigenvalue weighted by Crippen LogP contribution is 2.27. The number of aryl methyl sites for hydroxylation is 2. The van der Waals surface area contributed by atoms with Crippen molar-refractivity contribution < 1.29 is 0 Å². The Hall–Kier alpha value is -1.16. The van der Waals surface area contributed by atoms with Crippen molar-refractivity contribution in [1.29, 1.82) is 0 Å². The number of hydrogen-bond acceptors (Lipinski definition) is 3. The average Bonchev–Trinajstić information content (AvgIpc) is 2.91. The monoisotopic (exact) mass is 288 g/mol. The van der Waals surface area contributed by atoms with E-state index in [-0.39, 0.29) is 0 Å². The Morgan fingerprint density at radius 3 is 2.40 bits per heavy atom. The van der Waals surface area contributed by atoms with Crippen LogP contribution in [-0.2, 0) is 13.0 Å². The van der Waals surface area contributed by atoms with Gasteiger partial charge in [0.25, 0.3) is 0 Å². The molecule has 2 rings (SSSR count). The molecule has 0 bridgehead atoms. The Bertz CT molecular complexity index is 530. The molecule has 0 aliphatic heterocycles. The zero-order chi connectivity index (χ0) is 14.5. The first-order valence-corrected chi connectivity index (χ1v) is 8.00. The van der Waals surface area contributed by atoms with E-state index < -0.39 is 0 Å². The lowest BCUT2D eigenvalue weighted by molar-refractivity contribution is 0.245. The van der Waals surface area contributed by atoms with E-state index in [0.29, 0.717) is 12.6 Å². The van der Waals surface area contributed by atoms with E-state index in [9.17, 15) is 0 Å². The van der Waals surface area contributed by atoms with Gasteiger partial charge < -0.3 is 5.73 Å². The highest BCUT2D eigenvalue weighted by molar-refractivity contribution is 7.12. The number of nitrogens with two attached hydrogens (primary N) is 1. The molecule has 3 heteroatoms. The second-order valence-electron chi connectivity index (χ2n) is 5.31. The summed E-state index contributed by atoms with van der Waals surface area (Å²) in [5, 5.41) is 0. The molecule has 108 valence electrons. The van der Waals surface area contributed by atoms with Crippen LogP contribution < -0.4 is 5.73 Å². The lowest BCUT2D eigenvalue weighted by Gasteiger charge is -2.26. The molecule has 1 atom stereocenters. The Labute approximate surface area is 126 Å². The van der Waals surface area contributed by atoms with Crippen molar-refractivity contribution >= 4 is 11.3 Å². The smallest absolute Gasteiger partial charge is 0.0564 e. The van der Waals surface area contributed by atoms with Crippen molar-refractivity contribution in [2.45, 2.75) is 32.9 Å². The fourth-order valence-electron chi connectivity index (χ4n) is 2.37. The molecule has 2 nitrogen and oxygen atoms in total. The Balaban J connectivity index is 2.08. The third-order valence-electron chi connectivity index (χ3n) is 3.67. The topological polar surface area (TPSA) is 29.3 Å². The molecule has 1 unspecified atom stereocenters. The molecule has 0 saturated heterocycles. The van der Waals surface area contributed by atoms with E-state index in [1.165, 1.54) is 20.9 Å². The lowest BCUT2D eigenvalue weighted by atomic mass is 10.1. The summed E-state index contributed by atoms with van der Waals surface area (Å²) in [5.74, 6) is 0.